The summed E-state index contributed by atoms with van der Waals surface area (Å²) in [6, 6.07) is 1.62. The third-order valence-corrected chi connectivity index (χ3v) is 3.44. The van der Waals surface area contributed by atoms with E-state index in [-0.39, 0.29) is 0 Å². The molecule has 0 amide bonds. The maximum Gasteiger partial charge on any atom is 0.225 e. The highest BCUT2D eigenvalue weighted by Crippen LogP contribution is 2.10. The second-order valence-corrected chi connectivity index (χ2v) is 5.27. The van der Waals surface area contributed by atoms with Crippen LogP contribution in [0.25, 0.3) is 0 Å². The zero-order valence-corrected chi connectivity index (χ0v) is 8.81. The van der Waals surface area contributed by atoms with E-state index in [0.29, 0.717) is 12.5 Å². The lowest BCUT2D eigenvalue weighted by Crippen LogP contribution is -2.28. The van der Waals surface area contributed by atoms with E-state index in [2.05, 4.69) is 10.0 Å². The smallest absolute Gasteiger partial charge is 0.225 e. The Balaban J connectivity index is 2.17. The fraction of sp³-hybridized carbons (Fsp3) is 0.875. The zero-order valence-electron chi connectivity index (χ0n) is 7.99. The summed E-state index contributed by atoms with van der Waals surface area (Å²) < 4.78 is 24.5. The molecule has 1 heterocycles. The van der Waals surface area contributed by atoms with Crippen LogP contribution in [0.2, 0.25) is 0 Å². The summed E-state index contributed by atoms with van der Waals surface area (Å²) in [6.45, 7) is 2.44. The minimum absolute atomic E-state index is 0.441. The van der Waals surface area contributed by atoms with Crippen LogP contribution in [0.4, 0.5) is 0 Å². The van der Waals surface area contributed by atoms with Gasteiger partial charge in [0.2, 0.25) is 10.0 Å². The summed E-state index contributed by atoms with van der Waals surface area (Å²) >= 11 is 0. The molecule has 14 heavy (non-hydrogen) atoms. The molecule has 0 aromatic rings. The van der Waals surface area contributed by atoms with Crippen LogP contribution in [0, 0.1) is 17.2 Å². The molecule has 1 aliphatic heterocycles. The van der Waals surface area contributed by atoms with Gasteiger partial charge in [0.25, 0.3) is 0 Å². The monoisotopic (exact) mass is 217 g/mol. The van der Waals surface area contributed by atoms with Crippen LogP contribution < -0.4 is 10.0 Å². The Hall–Kier alpha value is -0.640. The molecule has 1 atom stereocenters. The van der Waals surface area contributed by atoms with E-state index in [1.54, 1.807) is 6.07 Å². The van der Waals surface area contributed by atoms with Gasteiger partial charge in [0.1, 0.15) is 0 Å². The predicted octanol–water partition coefficient (Wildman–Crippen LogP) is -0.571. The van der Waals surface area contributed by atoms with Crippen LogP contribution in [0.5, 0.6) is 0 Å². The van der Waals surface area contributed by atoms with Crippen molar-refractivity contribution in [1.82, 2.24) is 10.0 Å². The van der Waals surface area contributed by atoms with Crippen molar-refractivity contribution in [2.45, 2.75) is 12.8 Å². The summed E-state index contributed by atoms with van der Waals surface area (Å²) in [5.74, 6) is 0.121. The number of nitriles is 1. The summed E-state index contributed by atoms with van der Waals surface area (Å²) in [5.41, 5.74) is 0. The molecule has 0 saturated carbocycles. The second-order valence-electron chi connectivity index (χ2n) is 3.46. The summed E-state index contributed by atoms with van der Waals surface area (Å²) in [5, 5.41) is 11.4. The van der Waals surface area contributed by atoms with E-state index >= 15 is 0 Å². The van der Waals surface area contributed by atoms with E-state index in [1.807, 2.05) is 0 Å². The zero-order chi connectivity index (χ0) is 10.4. The quantitative estimate of drug-likeness (QED) is 0.646. The number of hydrogen-bond donors (Lipinski definition) is 2. The van der Waals surface area contributed by atoms with Gasteiger partial charge in [-0.15, -0.1) is 0 Å². The Bertz CT molecular complexity index is 301. The molecule has 0 spiro atoms. The Morgan fingerprint density at radius 3 is 2.93 bits per heavy atom. The predicted molar refractivity (Wildman–Crippen MR) is 53.0 cm³/mol. The molecule has 1 fully saturated rings. The first kappa shape index (κ1) is 11.4. The van der Waals surface area contributed by atoms with Crippen molar-refractivity contribution in [3.05, 3.63) is 0 Å². The van der Waals surface area contributed by atoms with E-state index in [4.69, 9.17) is 5.26 Å². The Morgan fingerprint density at radius 1 is 1.57 bits per heavy atom. The molecule has 1 aliphatic rings. The van der Waals surface area contributed by atoms with Crippen LogP contribution in [0.15, 0.2) is 0 Å². The second kappa shape index (κ2) is 5.29. The highest BCUT2D eigenvalue weighted by Gasteiger charge is 2.15. The van der Waals surface area contributed by atoms with E-state index < -0.39 is 15.8 Å². The fourth-order valence-electron chi connectivity index (χ4n) is 1.52. The topological polar surface area (TPSA) is 82.0 Å². The average molecular weight is 217 g/mol. The number of nitrogens with one attached hydrogen (secondary N) is 2. The lowest BCUT2D eigenvalue weighted by molar-refractivity contribution is 0.520. The highest BCUT2D eigenvalue weighted by molar-refractivity contribution is 7.89. The van der Waals surface area contributed by atoms with E-state index in [9.17, 15) is 8.42 Å². The standard InChI is InChI=1S/C8H15N3O2S/c9-3-6-14(12,13)11-5-2-8-1-4-10-7-8/h8,10-11H,1-2,4-7H2. The van der Waals surface area contributed by atoms with Gasteiger partial charge in [-0.1, -0.05) is 0 Å². The van der Waals surface area contributed by atoms with E-state index in [1.165, 1.54) is 0 Å². The largest absolute Gasteiger partial charge is 0.316 e. The van der Waals surface area contributed by atoms with Crippen molar-refractivity contribution < 1.29 is 8.42 Å². The van der Waals surface area contributed by atoms with Crippen molar-refractivity contribution in [3.8, 4) is 6.07 Å². The molecule has 0 aromatic carbocycles. The van der Waals surface area contributed by atoms with Crippen LogP contribution in [0.1, 0.15) is 12.8 Å². The average Bonchev–Trinajstić information content (AvgIpc) is 2.56. The molecule has 5 nitrogen and oxygen atoms in total. The normalized spacial score (nSPS) is 22.1. The number of hydrogen-bond acceptors (Lipinski definition) is 4. The third-order valence-electron chi connectivity index (χ3n) is 2.29. The van der Waals surface area contributed by atoms with Crippen molar-refractivity contribution in [3.63, 3.8) is 0 Å². The maximum atomic E-state index is 11.1. The first-order valence-corrected chi connectivity index (χ1v) is 6.34. The van der Waals surface area contributed by atoms with Crippen molar-refractivity contribution >= 4 is 10.0 Å². The molecule has 0 aliphatic carbocycles. The number of sulfonamides is 1. The van der Waals surface area contributed by atoms with Gasteiger partial charge in [-0.25, -0.2) is 13.1 Å². The molecule has 1 rings (SSSR count). The molecule has 0 radical (unpaired) electrons. The van der Waals surface area contributed by atoms with Gasteiger partial charge in [-0.3, -0.25) is 0 Å². The Kier molecular flexibility index (Phi) is 4.32. The minimum atomic E-state index is -3.35. The molecule has 1 unspecified atom stereocenters. The van der Waals surface area contributed by atoms with Gasteiger partial charge in [0.15, 0.2) is 5.75 Å². The van der Waals surface area contributed by atoms with Gasteiger partial charge in [0, 0.05) is 6.54 Å². The lowest BCUT2D eigenvalue weighted by Gasteiger charge is -2.08. The minimum Gasteiger partial charge on any atom is -0.316 e. The van der Waals surface area contributed by atoms with Crippen molar-refractivity contribution in [1.29, 1.82) is 5.26 Å². The van der Waals surface area contributed by atoms with Crippen LogP contribution in [-0.4, -0.2) is 33.8 Å². The highest BCUT2D eigenvalue weighted by atomic mass is 32.2. The summed E-state index contributed by atoms with van der Waals surface area (Å²) in [6.07, 6.45) is 1.96. The first-order chi connectivity index (χ1) is 6.64. The molecule has 80 valence electrons. The van der Waals surface area contributed by atoms with Crippen molar-refractivity contribution in [2.24, 2.45) is 5.92 Å². The Morgan fingerprint density at radius 2 is 2.36 bits per heavy atom. The van der Waals surface area contributed by atoms with Gasteiger partial charge in [-0.2, -0.15) is 5.26 Å². The van der Waals surface area contributed by atoms with E-state index in [0.717, 1.165) is 25.9 Å². The number of nitrogens with zero attached hydrogens (tertiary/aromatic N) is 1. The lowest BCUT2D eigenvalue weighted by atomic mass is 10.1. The van der Waals surface area contributed by atoms with Crippen LogP contribution >= 0.6 is 0 Å². The van der Waals surface area contributed by atoms with Gasteiger partial charge in [-0.05, 0) is 31.8 Å². The molecule has 1 saturated heterocycles. The van der Waals surface area contributed by atoms with Gasteiger partial charge >= 0.3 is 0 Å². The molecule has 2 N–H and O–H groups in total. The first-order valence-electron chi connectivity index (χ1n) is 4.69. The molecular weight excluding hydrogens is 202 g/mol. The molecule has 6 heteroatoms. The molecule has 0 aromatic heterocycles. The van der Waals surface area contributed by atoms with Gasteiger partial charge in [0.05, 0.1) is 6.07 Å². The SMILES string of the molecule is N#CCS(=O)(=O)NCCC1CCNC1. The van der Waals surface area contributed by atoms with Crippen molar-refractivity contribution in [2.75, 3.05) is 25.4 Å². The maximum absolute atomic E-state index is 11.1. The molecular formula is C8H15N3O2S. The summed E-state index contributed by atoms with van der Waals surface area (Å²) in [7, 11) is -3.35. The van der Waals surface area contributed by atoms with Gasteiger partial charge < -0.3 is 5.32 Å². The fourth-order valence-corrected chi connectivity index (χ4v) is 2.22. The third kappa shape index (κ3) is 4.05. The van der Waals surface area contributed by atoms with Crippen LogP contribution in [0.3, 0.4) is 0 Å². The number of rotatable bonds is 5. The molecule has 0 bridgehead atoms. The summed E-state index contributed by atoms with van der Waals surface area (Å²) in [4.78, 5) is 0. The van der Waals surface area contributed by atoms with Crippen LogP contribution in [-0.2, 0) is 10.0 Å². The Labute approximate surface area is 84.5 Å².